The SMILES string of the molecule is O=C(Nc1cccc(-n2cccn2)c1)C1NCC12CCOCC2. The van der Waals surface area contributed by atoms with E-state index >= 15 is 0 Å². The third kappa shape index (κ3) is 2.64. The molecular formula is C17H20N4O2. The number of nitrogens with zero attached hydrogens (tertiary/aromatic N) is 2. The summed E-state index contributed by atoms with van der Waals surface area (Å²) in [5.74, 6) is 0.0377. The van der Waals surface area contributed by atoms with Gasteiger partial charge in [0.1, 0.15) is 0 Å². The summed E-state index contributed by atoms with van der Waals surface area (Å²) in [5, 5.41) is 10.5. The number of hydrogen-bond donors (Lipinski definition) is 2. The highest BCUT2D eigenvalue weighted by molar-refractivity contribution is 5.96. The number of amides is 1. The fourth-order valence-electron chi connectivity index (χ4n) is 3.47. The zero-order valence-electron chi connectivity index (χ0n) is 12.9. The number of aromatic nitrogens is 2. The molecule has 3 heterocycles. The molecule has 1 amide bonds. The summed E-state index contributed by atoms with van der Waals surface area (Å²) in [6, 6.07) is 9.47. The normalized spacial score (nSPS) is 22.5. The Morgan fingerprint density at radius 2 is 2.22 bits per heavy atom. The quantitative estimate of drug-likeness (QED) is 0.903. The van der Waals surface area contributed by atoms with Crippen LogP contribution in [-0.2, 0) is 9.53 Å². The monoisotopic (exact) mass is 312 g/mol. The Bertz CT molecular complexity index is 692. The second-order valence-corrected chi connectivity index (χ2v) is 6.28. The van der Waals surface area contributed by atoms with Crippen molar-refractivity contribution in [2.45, 2.75) is 18.9 Å². The maximum Gasteiger partial charge on any atom is 0.242 e. The number of benzene rings is 1. The van der Waals surface area contributed by atoms with Crippen LogP contribution in [0.2, 0.25) is 0 Å². The van der Waals surface area contributed by atoms with E-state index in [1.54, 1.807) is 10.9 Å². The molecule has 2 aromatic rings. The molecule has 1 spiro atoms. The van der Waals surface area contributed by atoms with Crippen LogP contribution in [0, 0.1) is 5.41 Å². The number of carbonyl (C=O) groups excluding carboxylic acids is 1. The van der Waals surface area contributed by atoms with E-state index in [4.69, 9.17) is 4.74 Å². The molecule has 23 heavy (non-hydrogen) atoms. The van der Waals surface area contributed by atoms with Gasteiger partial charge in [-0.1, -0.05) is 6.07 Å². The fourth-order valence-corrected chi connectivity index (χ4v) is 3.47. The van der Waals surface area contributed by atoms with Crippen LogP contribution in [0.15, 0.2) is 42.7 Å². The molecule has 2 aliphatic heterocycles. The predicted octanol–water partition coefficient (Wildman–Crippen LogP) is 1.58. The minimum absolute atomic E-state index is 0.0377. The zero-order valence-corrected chi connectivity index (χ0v) is 12.9. The van der Waals surface area contributed by atoms with Gasteiger partial charge < -0.3 is 15.4 Å². The first-order valence-corrected chi connectivity index (χ1v) is 7.99. The highest BCUT2D eigenvalue weighted by Crippen LogP contribution is 2.40. The lowest BCUT2D eigenvalue weighted by Gasteiger charge is -2.51. The lowest BCUT2D eigenvalue weighted by Crippen LogP contribution is -2.68. The van der Waals surface area contributed by atoms with Crippen LogP contribution in [0.5, 0.6) is 0 Å². The molecule has 2 aliphatic rings. The molecule has 1 unspecified atom stereocenters. The highest BCUT2D eigenvalue weighted by Gasteiger charge is 2.50. The molecule has 6 nitrogen and oxygen atoms in total. The molecule has 6 heteroatoms. The highest BCUT2D eigenvalue weighted by atomic mass is 16.5. The van der Waals surface area contributed by atoms with Crippen LogP contribution in [0.4, 0.5) is 5.69 Å². The number of carbonyl (C=O) groups is 1. The van der Waals surface area contributed by atoms with Crippen molar-refractivity contribution in [2.75, 3.05) is 25.1 Å². The van der Waals surface area contributed by atoms with Crippen molar-refractivity contribution in [3.8, 4) is 5.69 Å². The van der Waals surface area contributed by atoms with Crippen LogP contribution in [-0.4, -0.2) is 41.5 Å². The van der Waals surface area contributed by atoms with Gasteiger partial charge in [0.2, 0.25) is 5.91 Å². The van der Waals surface area contributed by atoms with E-state index in [1.165, 1.54) is 0 Å². The van der Waals surface area contributed by atoms with Gasteiger partial charge in [0.25, 0.3) is 0 Å². The summed E-state index contributed by atoms with van der Waals surface area (Å²) in [6.45, 7) is 2.41. The molecule has 0 saturated carbocycles. The molecule has 2 fully saturated rings. The summed E-state index contributed by atoms with van der Waals surface area (Å²) < 4.78 is 7.21. The van der Waals surface area contributed by atoms with Gasteiger partial charge in [-0.3, -0.25) is 4.79 Å². The first kappa shape index (κ1) is 14.4. The van der Waals surface area contributed by atoms with Gasteiger partial charge in [0, 0.05) is 43.3 Å². The second-order valence-electron chi connectivity index (χ2n) is 6.28. The molecule has 4 rings (SSSR count). The van der Waals surface area contributed by atoms with E-state index in [1.807, 2.05) is 36.5 Å². The van der Waals surface area contributed by atoms with E-state index in [0.29, 0.717) is 0 Å². The first-order valence-electron chi connectivity index (χ1n) is 7.99. The number of hydrogen-bond acceptors (Lipinski definition) is 4. The van der Waals surface area contributed by atoms with Gasteiger partial charge in [-0.2, -0.15) is 5.10 Å². The van der Waals surface area contributed by atoms with Crippen molar-refractivity contribution < 1.29 is 9.53 Å². The first-order chi connectivity index (χ1) is 11.3. The van der Waals surface area contributed by atoms with E-state index in [-0.39, 0.29) is 17.4 Å². The summed E-state index contributed by atoms with van der Waals surface area (Å²) in [6.07, 6.45) is 5.51. The average molecular weight is 312 g/mol. The van der Waals surface area contributed by atoms with Crippen molar-refractivity contribution in [1.82, 2.24) is 15.1 Å². The van der Waals surface area contributed by atoms with Gasteiger partial charge in [-0.25, -0.2) is 4.68 Å². The smallest absolute Gasteiger partial charge is 0.242 e. The average Bonchev–Trinajstić information content (AvgIpc) is 3.09. The molecule has 2 N–H and O–H groups in total. The molecule has 120 valence electrons. The Morgan fingerprint density at radius 1 is 1.35 bits per heavy atom. The zero-order chi connectivity index (χ0) is 15.7. The van der Waals surface area contributed by atoms with Crippen molar-refractivity contribution >= 4 is 11.6 Å². The van der Waals surface area contributed by atoms with Crippen LogP contribution < -0.4 is 10.6 Å². The molecule has 0 bridgehead atoms. The minimum atomic E-state index is -0.125. The van der Waals surface area contributed by atoms with Crippen molar-refractivity contribution in [2.24, 2.45) is 5.41 Å². The lowest BCUT2D eigenvalue weighted by molar-refractivity contribution is -0.130. The van der Waals surface area contributed by atoms with E-state index in [0.717, 1.165) is 44.0 Å². The summed E-state index contributed by atoms with van der Waals surface area (Å²) in [5.41, 5.74) is 1.79. The third-order valence-electron chi connectivity index (χ3n) is 4.90. The molecule has 0 radical (unpaired) electrons. The van der Waals surface area contributed by atoms with Crippen LogP contribution >= 0.6 is 0 Å². The Morgan fingerprint density at radius 3 is 2.91 bits per heavy atom. The Balaban J connectivity index is 1.48. The standard InChI is InChI=1S/C17H20N4O2/c22-16(15-17(12-18-15)5-9-23-10-6-17)20-13-3-1-4-14(11-13)21-8-2-7-19-21/h1-4,7-8,11,15,18H,5-6,9-10,12H2,(H,20,22). The largest absolute Gasteiger partial charge is 0.381 e. The van der Waals surface area contributed by atoms with E-state index in [9.17, 15) is 4.79 Å². The van der Waals surface area contributed by atoms with Crippen molar-refractivity contribution in [3.63, 3.8) is 0 Å². The van der Waals surface area contributed by atoms with Crippen LogP contribution in [0.3, 0.4) is 0 Å². The second kappa shape index (κ2) is 5.79. The lowest BCUT2D eigenvalue weighted by atomic mass is 9.67. The van der Waals surface area contributed by atoms with Crippen LogP contribution in [0.1, 0.15) is 12.8 Å². The van der Waals surface area contributed by atoms with Crippen LogP contribution in [0.25, 0.3) is 5.69 Å². The fraction of sp³-hybridized carbons (Fsp3) is 0.412. The van der Waals surface area contributed by atoms with Crippen molar-refractivity contribution in [1.29, 1.82) is 0 Å². The number of nitrogens with one attached hydrogen (secondary N) is 2. The van der Waals surface area contributed by atoms with E-state index in [2.05, 4.69) is 15.7 Å². The molecular weight excluding hydrogens is 292 g/mol. The molecule has 1 aromatic heterocycles. The molecule has 2 saturated heterocycles. The maximum absolute atomic E-state index is 12.6. The number of ether oxygens (including phenoxy) is 1. The Labute approximate surface area is 134 Å². The summed E-state index contributed by atoms with van der Waals surface area (Å²) in [7, 11) is 0. The van der Waals surface area contributed by atoms with Gasteiger partial charge in [-0.05, 0) is 37.1 Å². The summed E-state index contributed by atoms with van der Waals surface area (Å²) in [4.78, 5) is 12.6. The molecule has 1 atom stereocenters. The number of rotatable bonds is 3. The Hall–Kier alpha value is -2.18. The van der Waals surface area contributed by atoms with Crippen molar-refractivity contribution in [3.05, 3.63) is 42.7 Å². The maximum atomic E-state index is 12.6. The van der Waals surface area contributed by atoms with Gasteiger partial charge in [-0.15, -0.1) is 0 Å². The topological polar surface area (TPSA) is 68.2 Å². The van der Waals surface area contributed by atoms with E-state index < -0.39 is 0 Å². The summed E-state index contributed by atoms with van der Waals surface area (Å²) >= 11 is 0. The predicted molar refractivity (Wildman–Crippen MR) is 86.5 cm³/mol. The molecule has 0 aliphatic carbocycles. The van der Waals surface area contributed by atoms with Gasteiger partial charge in [0.15, 0.2) is 0 Å². The third-order valence-corrected chi connectivity index (χ3v) is 4.90. The van der Waals surface area contributed by atoms with Gasteiger partial charge >= 0.3 is 0 Å². The molecule has 1 aromatic carbocycles. The Kier molecular flexibility index (Phi) is 3.63. The number of anilines is 1. The van der Waals surface area contributed by atoms with Gasteiger partial charge in [0.05, 0.1) is 11.7 Å². The minimum Gasteiger partial charge on any atom is -0.381 e.